The number of primary amides is 1. The van der Waals surface area contributed by atoms with Gasteiger partial charge in [0.25, 0.3) is 0 Å². The minimum absolute atomic E-state index is 0.0526. The van der Waals surface area contributed by atoms with E-state index in [2.05, 4.69) is 9.88 Å². The summed E-state index contributed by atoms with van der Waals surface area (Å²) in [6.07, 6.45) is 3.54. The van der Waals surface area contributed by atoms with Crippen molar-refractivity contribution in [3.05, 3.63) is 18.3 Å². The second-order valence-electron chi connectivity index (χ2n) is 4.13. The lowest BCUT2D eigenvalue weighted by molar-refractivity contribution is -0.122. The molecule has 0 radical (unpaired) electrons. The summed E-state index contributed by atoms with van der Waals surface area (Å²) >= 11 is 0. The van der Waals surface area contributed by atoms with Crippen LogP contribution in [0.4, 0.5) is 11.5 Å². The first-order valence-electron chi connectivity index (χ1n) is 5.42. The second kappa shape index (κ2) is 4.38. The minimum atomic E-state index is -0.216. The number of amides is 1. The maximum absolute atomic E-state index is 11.2. The van der Waals surface area contributed by atoms with E-state index >= 15 is 0 Å². The average molecular weight is 220 g/mol. The van der Waals surface area contributed by atoms with Gasteiger partial charge in [-0.3, -0.25) is 4.79 Å². The lowest BCUT2D eigenvalue weighted by Gasteiger charge is -2.32. The molecule has 1 aromatic rings. The predicted octanol–water partition coefficient (Wildman–Crippen LogP) is 0.365. The Kier molecular flexibility index (Phi) is 2.94. The molecule has 2 rings (SSSR count). The summed E-state index contributed by atoms with van der Waals surface area (Å²) in [5.41, 5.74) is 12.0. The van der Waals surface area contributed by atoms with E-state index < -0.39 is 0 Å². The Morgan fingerprint density at radius 3 is 3.06 bits per heavy atom. The fraction of sp³-hybridized carbons (Fsp3) is 0.455. The number of hydrogen-bond acceptors (Lipinski definition) is 4. The molecule has 86 valence electrons. The standard InChI is InChI=1S/C11H16N4O/c12-10-6-9(3-4-14-10)15-5-1-2-8(7-15)11(13)16/h3-4,6,8H,1-2,5,7H2,(H2,12,14)(H2,13,16). The molecule has 2 heterocycles. The molecule has 1 fully saturated rings. The highest BCUT2D eigenvalue weighted by Crippen LogP contribution is 2.23. The second-order valence-corrected chi connectivity index (χ2v) is 4.13. The van der Waals surface area contributed by atoms with Crippen molar-refractivity contribution in [1.82, 2.24) is 4.98 Å². The normalized spacial score (nSPS) is 20.8. The zero-order valence-electron chi connectivity index (χ0n) is 9.10. The largest absolute Gasteiger partial charge is 0.384 e. The minimum Gasteiger partial charge on any atom is -0.384 e. The van der Waals surface area contributed by atoms with Crippen molar-refractivity contribution in [3.63, 3.8) is 0 Å². The molecule has 5 nitrogen and oxygen atoms in total. The molecule has 0 spiro atoms. The van der Waals surface area contributed by atoms with Crippen molar-refractivity contribution in [2.45, 2.75) is 12.8 Å². The predicted molar refractivity (Wildman–Crippen MR) is 62.8 cm³/mol. The summed E-state index contributed by atoms with van der Waals surface area (Å²) in [5, 5.41) is 0. The highest BCUT2D eigenvalue weighted by Gasteiger charge is 2.24. The number of carbonyl (C=O) groups is 1. The molecule has 4 N–H and O–H groups in total. The number of rotatable bonds is 2. The number of nitrogen functional groups attached to an aromatic ring is 1. The molecule has 1 amide bonds. The van der Waals surface area contributed by atoms with E-state index in [1.807, 2.05) is 12.1 Å². The number of carbonyl (C=O) groups excluding carboxylic acids is 1. The molecule has 5 heteroatoms. The highest BCUT2D eigenvalue weighted by atomic mass is 16.1. The van der Waals surface area contributed by atoms with E-state index in [1.54, 1.807) is 6.20 Å². The third-order valence-corrected chi connectivity index (χ3v) is 2.95. The molecular formula is C11H16N4O. The Morgan fingerprint density at radius 2 is 2.38 bits per heavy atom. The molecule has 0 saturated carbocycles. The zero-order chi connectivity index (χ0) is 11.5. The van der Waals surface area contributed by atoms with Crippen LogP contribution in [0.2, 0.25) is 0 Å². The van der Waals surface area contributed by atoms with E-state index in [4.69, 9.17) is 11.5 Å². The number of aromatic nitrogens is 1. The molecule has 0 aliphatic carbocycles. The summed E-state index contributed by atoms with van der Waals surface area (Å²) < 4.78 is 0. The topological polar surface area (TPSA) is 85.2 Å². The van der Waals surface area contributed by atoms with Gasteiger partial charge in [-0.25, -0.2) is 4.98 Å². The van der Waals surface area contributed by atoms with Crippen molar-refractivity contribution in [2.24, 2.45) is 11.7 Å². The zero-order valence-corrected chi connectivity index (χ0v) is 9.10. The number of piperidine rings is 1. The van der Waals surface area contributed by atoms with Crippen LogP contribution >= 0.6 is 0 Å². The summed E-state index contributed by atoms with van der Waals surface area (Å²) in [4.78, 5) is 17.2. The Morgan fingerprint density at radius 1 is 1.56 bits per heavy atom. The summed E-state index contributed by atoms with van der Waals surface area (Å²) in [7, 11) is 0. The molecule has 1 aromatic heterocycles. The van der Waals surface area contributed by atoms with Crippen LogP contribution in [0.1, 0.15) is 12.8 Å². The molecular weight excluding hydrogens is 204 g/mol. The third-order valence-electron chi connectivity index (χ3n) is 2.95. The first-order chi connectivity index (χ1) is 7.66. The Hall–Kier alpha value is -1.78. The SMILES string of the molecule is NC(=O)C1CCCN(c2ccnc(N)c2)C1. The van der Waals surface area contributed by atoms with Crippen LogP contribution in [0.25, 0.3) is 0 Å². The van der Waals surface area contributed by atoms with E-state index in [0.29, 0.717) is 12.4 Å². The maximum Gasteiger partial charge on any atom is 0.222 e. The first kappa shape index (κ1) is 10.7. The van der Waals surface area contributed by atoms with Gasteiger partial charge in [-0.15, -0.1) is 0 Å². The maximum atomic E-state index is 11.2. The number of nitrogens with zero attached hydrogens (tertiary/aromatic N) is 2. The molecule has 1 aliphatic heterocycles. The summed E-state index contributed by atoms with van der Waals surface area (Å²) in [5.74, 6) is 0.230. The van der Waals surface area contributed by atoms with Gasteiger partial charge in [0.1, 0.15) is 5.82 Å². The van der Waals surface area contributed by atoms with Gasteiger partial charge >= 0.3 is 0 Å². The molecule has 1 unspecified atom stereocenters. The molecule has 1 atom stereocenters. The van der Waals surface area contributed by atoms with E-state index in [0.717, 1.165) is 25.1 Å². The van der Waals surface area contributed by atoms with Gasteiger partial charge in [0.15, 0.2) is 0 Å². The first-order valence-corrected chi connectivity index (χ1v) is 5.42. The van der Waals surface area contributed by atoms with Crippen molar-refractivity contribution >= 4 is 17.4 Å². The number of anilines is 2. The lowest BCUT2D eigenvalue weighted by Crippen LogP contribution is -2.41. The van der Waals surface area contributed by atoms with Gasteiger partial charge < -0.3 is 16.4 Å². The van der Waals surface area contributed by atoms with Gasteiger partial charge in [0.05, 0.1) is 5.92 Å². The van der Waals surface area contributed by atoms with Crippen LogP contribution < -0.4 is 16.4 Å². The van der Waals surface area contributed by atoms with Gasteiger partial charge in [-0.1, -0.05) is 0 Å². The Bertz CT molecular complexity index is 393. The molecule has 1 aliphatic rings. The van der Waals surface area contributed by atoms with Crippen LogP contribution in [0.3, 0.4) is 0 Å². The fourth-order valence-electron chi connectivity index (χ4n) is 2.08. The van der Waals surface area contributed by atoms with Crippen molar-refractivity contribution in [1.29, 1.82) is 0 Å². The summed E-state index contributed by atoms with van der Waals surface area (Å²) in [6, 6.07) is 3.73. The monoisotopic (exact) mass is 220 g/mol. The van der Waals surface area contributed by atoms with Gasteiger partial charge in [-0.2, -0.15) is 0 Å². The average Bonchev–Trinajstić information content (AvgIpc) is 2.29. The fourth-order valence-corrected chi connectivity index (χ4v) is 2.08. The van der Waals surface area contributed by atoms with Crippen LogP contribution in [0, 0.1) is 5.92 Å². The van der Waals surface area contributed by atoms with E-state index in [-0.39, 0.29) is 11.8 Å². The molecule has 16 heavy (non-hydrogen) atoms. The van der Waals surface area contributed by atoms with Crippen LogP contribution in [0.5, 0.6) is 0 Å². The van der Waals surface area contributed by atoms with Crippen LogP contribution in [0.15, 0.2) is 18.3 Å². The molecule has 0 bridgehead atoms. The number of hydrogen-bond donors (Lipinski definition) is 2. The van der Waals surface area contributed by atoms with E-state index in [1.165, 1.54) is 0 Å². The third kappa shape index (κ3) is 2.24. The van der Waals surface area contributed by atoms with Crippen molar-refractivity contribution < 1.29 is 4.79 Å². The smallest absolute Gasteiger partial charge is 0.222 e. The van der Waals surface area contributed by atoms with Crippen molar-refractivity contribution in [3.8, 4) is 0 Å². The molecule has 0 aromatic carbocycles. The van der Waals surface area contributed by atoms with Crippen LogP contribution in [-0.4, -0.2) is 24.0 Å². The quantitative estimate of drug-likeness (QED) is 0.753. The van der Waals surface area contributed by atoms with Crippen LogP contribution in [-0.2, 0) is 4.79 Å². The Balaban J connectivity index is 2.12. The summed E-state index contributed by atoms with van der Waals surface area (Å²) in [6.45, 7) is 1.62. The number of pyridine rings is 1. The number of nitrogens with two attached hydrogens (primary N) is 2. The highest BCUT2D eigenvalue weighted by molar-refractivity contribution is 5.77. The lowest BCUT2D eigenvalue weighted by atomic mass is 9.97. The van der Waals surface area contributed by atoms with E-state index in [9.17, 15) is 4.79 Å². The van der Waals surface area contributed by atoms with Gasteiger partial charge in [-0.05, 0) is 18.9 Å². The van der Waals surface area contributed by atoms with Crippen molar-refractivity contribution in [2.75, 3.05) is 23.7 Å². The molecule has 1 saturated heterocycles. The van der Waals surface area contributed by atoms with Gasteiger partial charge in [0.2, 0.25) is 5.91 Å². The van der Waals surface area contributed by atoms with Gasteiger partial charge in [0, 0.05) is 31.0 Å². The Labute approximate surface area is 94.4 Å².